The Balaban J connectivity index is 2.15. The zero-order chi connectivity index (χ0) is 14.8. The summed E-state index contributed by atoms with van der Waals surface area (Å²) in [6.07, 6.45) is -1.29. The fourth-order valence-electron chi connectivity index (χ4n) is 1.83. The molecule has 1 aliphatic rings. The number of thioether (sulfide) groups is 1. The Kier molecular flexibility index (Phi) is 4.80. The summed E-state index contributed by atoms with van der Waals surface area (Å²) in [5.74, 6) is -0.120. The summed E-state index contributed by atoms with van der Waals surface area (Å²) in [5, 5.41) is 2.57. The monoisotopic (exact) mass is 324 g/mol. The van der Waals surface area contributed by atoms with Gasteiger partial charge in [0.2, 0.25) is 5.91 Å². The van der Waals surface area contributed by atoms with Crippen LogP contribution in [0.2, 0.25) is 5.02 Å². The average molecular weight is 325 g/mol. The fourth-order valence-corrected chi connectivity index (χ4v) is 3.15. The van der Waals surface area contributed by atoms with Gasteiger partial charge in [0.15, 0.2) is 0 Å². The van der Waals surface area contributed by atoms with E-state index in [-0.39, 0.29) is 21.2 Å². The Hall–Kier alpha value is -0.950. The van der Waals surface area contributed by atoms with E-state index in [1.807, 2.05) is 0 Å². The Bertz CT molecular complexity index is 510. The number of alkyl halides is 3. The molecule has 2 heterocycles. The molecule has 0 spiro atoms. The van der Waals surface area contributed by atoms with Gasteiger partial charge in [-0.15, -0.1) is 0 Å². The molecule has 1 aromatic heterocycles. The van der Waals surface area contributed by atoms with Gasteiger partial charge in [-0.2, -0.15) is 13.2 Å². The second kappa shape index (κ2) is 6.22. The highest BCUT2D eigenvalue weighted by Crippen LogP contribution is 2.36. The maximum absolute atomic E-state index is 12.5. The second-order valence-corrected chi connectivity index (χ2v) is 6.00. The predicted octanol–water partition coefficient (Wildman–Crippen LogP) is 3.51. The van der Waals surface area contributed by atoms with E-state index in [0.717, 1.165) is 36.9 Å². The van der Waals surface area contributed by atoms with Gasteiger partial charge in [-0.25, -0.2) is 4.98 Å². The van der Waals surface area contributed by atoms with Crippen molar-refractivity contribution in [3.63, 3.8) is 0 Å². The highest BCUT2D eigenvalue weighted by Gasteiger charge is 2.32. The molecule has 0 saturated carbocycles. The van der Waals surface area contributed by atoms with Crippen molar-refractivity contribution in [2.45, 2.75) is 35.7 Å². The molecule has 1 unspecified atom stereocenters. The number of nitrogens with zero attached hydrogens (tertiary/aromatic N) is 1. The van der Waals surface area contributed by atoms with Gasteiger partial charge in [0.25, 0.3) is 0 Å². The third kappa shape index (κ3) is 3.79. The minimum atomic E-state index is -4.47. The van der Waals surface area contributed by atoms with Crippen LogP contribution in [0.4, 0.5) is 13.2 Å². The van der Waals surface area contributed by atoms with Crippen LogP contribution in [0.1, 0.15) is 24.8 Å². The number of carbonyl (C=O) groups excluding carboxylic acids is 1. The number of aromatic nitrogens is 1. The number of carbonyl (C=O) groups is 1. The van der Waals surface area contributed by atoms with Crippen LogP contribution >= 0.6 is 23.4 Å². The van der Waals surface area contributed by atoms with E-state index in [2.05, 4.69) is 10.3 Å². The van der Waals surface area contributed by atoms with Gasteiger partial charge >= 0.3 is 6.18 Å². The summed E-state index contributed by atoms with van der Waals surface area (Å²) < 4.78 is 37.5. The molecule has 1 amide bonds. The second-order valence-electron chi connectivity index (χ2n) is 4.40. The zero-order valence-corrected chi connectivity index (χ0v) is 11.9. The summed E-state index contributed by atoms with van der Waals surface area (Å²) in [4.78, 5) is 15.5. The van der Waals surface area contributed by atoms with E-state index in [4.69, 9.17) is 11.6 Å². The Labute approximate surface area is 123 Å². The quantitative estimate of drug-likeness (QED) is 0.905. The topological polar surface area (TPSA) is 42.0 Å². The van der Waals surface area contributed by atoms with Crippen molar-refractivity contribution in [1.82, 2.24) is 10.3 Å². The van der Waals surface area contributed by atoms with Gasteiger partial charge in [-0.05, 0) is 18.9 Å². The number of rotatable bonds is 2. The summed E-state index contributed by atoms with van der Waals surface area (Å²) in [5.41, 5.74) is -0.892. The summed E-state index contributed by atoms with van der Waals surface area (Å²) >= 11 is 6.94. The van der Waals surface area contributed by atoms with E-state index in [9.17, 15) is 18.0 Å². The molecule has 1 atom stereocenters. The molecule has 0 radical (unpaired) electrons. The molecule has 3 nitrogen and oxygen atoms in total. The first kappa shape index (κ1) is 15.4. The number of hydrogen-bond acceptors (Lipinski definition) is 3. The molecule has 0 bridgehead atoms. The predicted molar refractivity (Wildman–Crippen MR) is 70.8 cm³/mol. The molecular formula is C12H12ClF3N2OS. The smallest absolute Gasteiger partial charge is 0.355 e. The van der Waals surface area contributed by atoms with E-state index < -0.39 is 11.7 Å². The first-order valence-electron chi connectivity index (χ1n) is 6.05. The van der Waals surface area contributed by atoms with Gasteiger partial charge in [0.05, 0.1) is 15.8 Å². The minimum absolute atomic E-state index is 0.0816. The Morgan fingerprint density at radius 1 is 1.40 bits per heavy atom. The number of nitrogens with one attached hydrogen (secondary N) is 1. The maximum atomic E-state index is 12.5. The molecule has 20 heavy (non-hydrogen) atoms. The molecule has 0 aliphatic carbocycles. The highest BCUT2D eigenvalue weighted by atomic mass is 35.5. The van der Waals surface area contributed by atoms with Crippen molar-refractivity contribution < 1.29 is 18.0 Å². The lowest BCUT2D eigenvalue weighted by Crippen LogP contribution is -2.30. The number of pyridine rings is 1. The van der Waals surface area contributed by atoms with Gasteiger partial charge in [-0.3, -0.25) is 4.79 Å². The summed E-state index contributed by atoms with van der Waals surface area (Å²) in [6, 6.07) is 0.839. The van der Waals surface area contributed by atoms with Crippen LogP contribution in [0.3, 0.4) is 0 Å². The third-order valence-electron chi connectivity index (χ3n) is 2.87. The number of amides is 1. The Morgan fingerprint density at radius 2 is 2.15 bits per heavy atom. The van der Waals surface area contributed by atoms with Crippen LogP contribution in [0.25, 0.3) is 0 Å². The van der Waals surface area contributed by atoms with Crippen LogP contribution in [-0.4, -0.2) is 22.7 Å². The van der Waals surface area contributed by atoms with Crippen LogP contribution in [0.15, 0.2) is 17.3 Å². The molecule has 1 fully saturated rings. The van der Waals surface area contributed by atoms with Crippen molar-refractivity contribution in [3.8, 4) is 0 Å². The molecular weight excluding hydrogens is 313 g/mol. The lowest BCUT2D eigenvalue weighted by Gasteiger charge is -2.14. The minimum Gasteiger partial charge on any atom is -0.355 e. The molecule has 110 valence electrons. The van der Waals surface area contributed by atoms with Crippen molar-refractivity contribution >= 4 is 29.3 Å². The van der Waals surface area contributed by atoms with Gasteiger partial charge in [0, 0.05) is 12.7 Å². The van der Waals surface area contributed by atoms with Crippen LogP contribution < -0.4 is 5.32 Å². The summed E-state index contributed by atoms with van der Waals surface area (Å²) in [7, 11) is 0. The normalized spacial score (nSPS) is 20.4. The SMILES string of the molecule is O=C1NCCCCC1Sc1ncc(C(F)(F)F)cc1Cl. The van der Waals surface area contributed by atoms with Crippen LogP contribution in [0, 0.1) is 0 Å². The van der Waals surface area contributed by atoms with Crippen LogP contribution in [0.5, 0.6) is 0 Å². The molecule has 1 saturated heterocycles. The van der Waals surface area contributed by atoms with Crippen molar-refractivity contribution in [3.05, 3.63) is 22.8 Å². The molecule has 1 aromatic rings. The molecule has 8 heteroatoms. The van der Waals surface area contributed by atoms with E-state index in [1.54, 1.807) is 0 Å². The molecule has 1 aliphatic heterocycles. The van der Waals surface area contributed by atoms with Crippen molar-refractivity contribution in [2.24, 2.45) is 0 Å². The molecule has 1 N–H and O–H groups in total. The highest BCUT2D eigenvalue weighted by molar-refractivity contribution is 8.00. The van der Waals surface area contributed by atoms with Gasteiger partial charge in [-0.1, -0.05) is 29.8 Å². The largest absolute Gasteiger partial charge is 0.417 e. The van der Waals surface area contributed by atoms with Gasteiger partial charge in [0.1, 0.15) is 5.03 Å². The van der Waals surface area contributed by atoms with E-state index in [0.29, 0.717) is 13.0 Å². The third-order valence-corrected chi connectivity index (χ3v) is 4.56. The summed E-state index contributed by atoms with van der Waals surface area (Å²) in [6.45, 7) is 0.629. The van der Waals surface area contributed by atoms with Crippen molar-refractivity contribution in [2.75, 3.05) is 6.54 Å². The Morgan fingerprint density at radius 3 is 2.80 bits per heavy atom. The first-order valence-corrected chi connectivity index (χ1v) is 7.31. The average Bonchev–Trinajstić information content (AvgIpc) is 2.56. The molecule has 2 rings (SSSR count). The van der Waals surface area contributed by atoms with E-state index >= 15 is 0 Å². The standard InChI is InChI=1S/C12H12ClF3N2OS/c13-8-5-7(12(14,15)16)6-18-11(8)20-9-3-1-2-4-17-10(9)19/h5-6,9H,1-4H2,(H,17,19). The lowest BCUT2D eigenvalue weighted by atomic mass is 10.2. The van der Waals surface area contributed by atoms with Crippen LogP contribution in [-0.2, 0) is 11.0 Å². The maximum Gasteiger partial charge on any atom is 0.417 e. The number of hydrogen-bond donors (Lipinski definition) is 1. The number of halogens is 4. The first-order chi connectivity index (χ1) is 9.38. The van der Waals surface area contributed by atoms with E-state index in [1.165, 1.54) is 0 Å². The fraction of sp³-hybridized carbons (Fsp3) is 0.500. The zero-order valence-electron chi connectivity index (χ0n) is 10.3. The molecule has 0 aromatic carbocycles. The van der Waals surface area contributed by atoms with Crippen molar-refractivity contribution in [1.29, 1.82) is 0 Å². The lowest BCUT2D eigenvalue weighted by molar-refractivity contribution is -0.137. The van der Waals surface area contributed by atoms with Gasteiger partial charge < -0.3 is 5.32 Å².